The van der Waals surface area contributed by atoms with Gasteiger partial charge in [0, 0.05) is 18.3 Å². The van der Waals surface area contributed by atoms with Crippen molar-refractivity contribution >= 4 is 23.7 Å². The van der Waals surface area contributed by atoms with Crippen LogP contribution in [0.3, 0.4) is 0 Å². The molecule has 2 aromatic rings. The lowest BCUT2D eigenvalue weighted by molar-refractivity contribution is -0.117. The number of hydrogen-bond acceptors (Lipinski definition) is 4. The molecule has 7 heteroatoms. The summed E-state index contributed by atoms with van der Waals surface area (Å²) >= 11 is 1.40. The smallest absolute Gasteiger partial charge is 0.321 e. The number of imidazole rings is 1. The van der Waals surface area contributed by atoms with Crippen molar-refractivity contribution < 1.29 is 9.59 Å². The van der Waals surface area contributed by atoms with Crippen LogP contribution in [0.25, 0.3) is 0 Å². The number of amides is 3. The van der Waals surface area contributed by atoms with Gasteiger partial charge in [0.05, 0.1) is 11.4 Å². The van der Waals surface area contributed by atoms with Crippen LogP contribution in [0.5, 0.6) is 0 Å². The molecule has 1 aliphatic carbocycles. The van der Waals surface area contributed by atoms with Crippen LogP contribution in [0.2, 0.25) is 0 Å². The van der Waals surface area contributed by atoms with Crippen molar-refractivity contribution in [3.05, 3.63) is 47.3 Å². The third-order valence-electron chi connectivity index (χ3n) is 5.18. The number of aryl methyl sites for hydroxylation is 1. The summed E-state index contributed by atoms with van der Waals surface area (Å²) in [6.07, 6.45) is 6.11. The highest BCUT2D eigenvalue weighted by atomic mass is 32.2. The average molecular weight is 401 g/mol. The molecule has 150 valence electrons. The molecule has 1 aromatic heterocycles. The minimum Gasteiger partial charge on any atom is -0.334 e. The van der Waals surface area contributed by atoms with Crippen molar-refractivity contribution in [2.24, 2.45) is 0 Å². The second-order valence-electron chi connectivity index (χ2n) is 7.23. The second-order valence-corrected chi connectivity index (χ2v) is 8.17. The molecule has 6 nitrogen and oxygen atoms in total. The molecule has 0 unspecified atom stereocenters. The first kappa shape index (κ1) is 20.5. The number of nitrogens with zero attached hydrogens (tertiary/aromatic N) is 2. The van der Waals surface area contributed by atoms with E-state index < -0.39 is 6.03 Å². The molecule has 0 atom stereocenters. The Morgan fingerprint density at radius 3 is 2.57 bits per heavy atom. The number of benzene rings is 1. The maximum atomic E-state index is 12.2. The van der Waals surface area contributed by atoms with Gasteiger partial charge in [-0.2, -0.15) is 0 Å². The van der Waals surface area contributed by atoms with E-state index in [2.05, 4.69) is 27.1 Å². The minimum atomic E-state index is -0.475. The van der Waals surface area contributed by atoms with E-state index in [0.717, 1.165) is 29.3 Å². The zero-order chi connectivity index (χ0) is 19.9. The van der Waals surface area contributed by atoms with Crippen LogP contribution in [-0.4, -0.2) is 27.2 Å². The Morgan fingerprint density at radius 2 is 1.86 bits per heavy atom. The Morgan fingerprint density at radius 1 is 1.14 bits per heavy atom. The van der Waals surface area contributed by atoms with Crippen LogP contribution in [0.1, 0.15) is 55.1 Å². The Balaban J connectivity index is 1.51. The van der Waals surface area contributed by atoms with Gasteiger partial charge in [-0.3, -0.25) is 10.1 Å². The minimum absolute atomic E-state index is 0.168. The maximum absolute atomic E-state index is 12.2. The zero-order valence-corrected chi connectivity index (χ0v) is 17.3. The van der Waals surface area contributed by atoms with Gasteiger partial charge in [0.2, 0.25) is 5.91 Å². The van der Waals surface area contributed by atoms with Crippen molar-refractivity contribution in [3.63, 3.8) is 0 Å². The molecule has 1 fully saturated rings. The van der Waals surface area contributed by atoms with E-state index in [4.69, 9.17) is 0 Å². The summed E-state index contributed by atoms with van der Waals surface area (Å²) in [5.41, 5.74) is 3.17. The highest BCUT2D eigenvalue weighted by Crippen LogP contribution is 2.34. The highest BCUT2D eigenvalue weighted by Gasteiger charge is 2.22. The van der Waals surface area contributed by atoms with Crippen LogP contribution < -0.4 is 10.6 Å². The van der Waals surface area contributed by atoms with Crippen molar-refractivity contribution in [3.8, 4) is 0 Å². The van der Waals surface area contributed by atoms with E-state index >= 15 is 0 Å². The van der Waals surface area contributed by atoms with Crippen LogP contribution in [-0.2, 0) is 11.3 Å². The number of imide groups is 1. The molecule has 2 N–H and O–H groups in total. The monoisotopic (exact) mass is 400 g/mol. The van der Waals surface area contributed by atoms with E-state index in [0.29, 0.717) is 12.6 Å². The largest absolute Gasteiger partial charge is 0.334 e. The molecular formula is C21H28N4O2S. The van der Waals surface area contributed by atoms with Crippen molar-refractivity contribution in [1.29, 1.82) is 0 Å². The summed E-state index contributed by atoms with van der Waals surface area (Å²) in [4.78, 5) is 28.8. The quantitative estimate of drug-likeness (QED) is 0.715. The first-order chi connectivity index (χ1) is 13.5. The van der Waals surface area contributed by atoms with Crippen LogP contribution >= 0.6 is 11.8 Å². The van der Waals surface area contributed by atoms with Gasteiger partial charge >= 0.3 is 6.03 Å². The molecule has 0 saturated heterocycles. The van der Waals surface area contributed by atoms with E-state index in [9.17, 15) is 9.59 Å². The summed E-state index contributed by atoms with van der Waals surface area (Å²) < 4.78 is 2.29. The van der Waals surface area contributed by atoms with E-state index in [1.165, 1.54) is 36.7 Å². The van der Waals surface area contributed by atoms with E-state index in [-0.39, 0.29) is 11.7 Å². The van der Waals surface area contributed by atoms with Crippen molar-refractivity contribution in [2.45, 2.75) is 63.7 Å². The Bertz CT molecular complexity index is 813. The lowest BCUT2D eigenvalue weighted by atomic mass is 9.95. The summed E-state index contributed by atoms with van der Waals surface area (Å²) in [7, 11) is 0. The third kappa shape index (κ3) is 5.38. The highest BCUT2D eigenvalue weighted by molar-refractivity contribution is 7.99. The van der Waals surface area contributed by atoms with Gasteiger partial charge < -0.3 is 9.88 Å². The van der Waals surface area contributed by atoms with Crippen LogP contribution in [0.4, 0.5) is 4.79 Å². The van der Waals surface area contributed by atoms with E-state index in [1.54, 1.807) is 0 Å². The lowest BCUT2D eigenvalue weighted by Gasteiger charge is -2.26. The van der Waals surface area contributed by atoms with Crippen LogP contribution in [0.15, 0.2) is 35.5 Å². The van der Waals surface area contributed by atoms with Gasteiger partial charge in [-0.25, -0.2) is 9.78 Å². The standard InChI is InChI=1S/C21H28N4O2S/c1-15-16(2)25(18-11-7-4-8-12-18)21(23-15)28-14-19(26)24-20(27)22-13-17-9-5-3-6-10-17/h3,5-6,9-10,18H,4,7-8,11-14H2,1-2H3,(H2,22,24,26,27). The molecule has 0 aliphatic heterocycles. The first-order valence-electron chi connectivity index (χ1n) is 9.84. The number of nitrogens with one attached hydrogen (secondary N) is 2. The summed E-state index contributed by atoms with van der Waals surface area (Å²) in [6, 6.07) is 9.59. The van der Waals surface area contributed by atoms with E-state index in [1.807, 2.05) is 37.3 Å². The van der Waals surface area contributed by atoms with Crippen molar-refractivity contribution in [1.82, 2.24) is 20.2 Å². The number of urea groups is 1. The SMILES string of the molecule is Cc1nc(SCC(=O)NC(=O)NCc2ccccc2)n(C2CCCCC2)c1C. The first-order valence-corrected chi connectivity index (χ1v) is 10.8. The molecule has 1 saturated carbocycles. The number of rotatable bonds is 6. The fourth-order valence-corrected chi connectivity index (χ4v) is 4.54. The number of hydrogen-bond donors (Lipinski definition) is 2. The topological polar surface area (TPSA) is 76.0 Å². The second kappa shape index (κ2) is 9.78. The van der Waals surface area contributed by atoms with Crippen molar-refractivity contribution in [2.75, 3.05) is 5.75 Å². The van der Waals surface area contributed by atoms with Gasteiger partial charge in [-0.15, -0.1) is 0 Å². The number of thioether (sulfide) groups is 1. The zero-order valence-electron chi connectivity index (χ0n) is 16.5. The number of carbonyl (C=O) groups excluding carboxylic acids is 2. The van der Waals surface area contributed by atoms with Crippen LogP contribution in [0, 0.1) is 13.8 Å². The van der Waals surface area contributed by atoms with Gasteiger partial charge in [-0.1, -0.05) is 61.4 Å². The fraction of sp³-hybridized carbons (Fsp3) is 0.476. The molecule has 3 rings (SSSR count). The van der Waals surface area contributed by atoms with Gasteiger partial charge in [0.1, 0.15) is 0 Å². The summed E-state index contributed by atoms with van der Waals surface area (Å²) in [6.45, 7) is 4.49. The Labute approximate surface area is 170 Å². The molecular weight excluding hydrogens is 372 g/mol. The van der Waals surface area contributed by atoms with Gasteiger partial charge in [-0.05, 0) is 32.3 Å². The molecule has 0 spiro atoms. The third-order valence-corrected chi connectivity index (χ3v) is 6.13. The Kier molecular flexibility index (Phi) is 7.14. The van der Waals surface area contributed by atoms with Gasteiger partial charge in [0.25, 0.3) is 0 Å². The molecule has 1 heterocycles. The molecule has 28 heavy (non-hydrogen) atoms. The fourth-order valence-electron chi connectivity index (χ4n) is 3.58. The molecule has 0 radical (unpaired) electrons. The van der Waals surface area contributed by atoms with Gasteiger partial charge in [0.15, 0.2) is 5.16 Å². The normalized spacial score (nSPS) is 14.6. The molecule has 3 amide bonds. The number of carbonyl (C=O) groups is 2. The predicted molar refractivity (Wildman–Crippen MR) is 111 cm³/mol. The maximum Gasteiger partial charge on any atom is 0.321 e. The molecule has 1 aliphatic rings. The predicted octanol–water partition coefficient (Wildman–Crippen LogP) is 4.12. The lowest BCUT2D eigenvalue weighted by Crippen LogP contribution is -2.40. The molecule has 1 aromatic carbocycles. The summed E-state index contributed by atoms with van der Waals surface area (Å²) in [5.74, 6) is -0.148. The number of aromatic nitrogens is 2. The average Bonchev–Trinajstić information content (AvgIpc) is 3.00. The Hall–Kier alpha value is -2.28. The molecule has 0 bridgehead atoms. The summed E-state index contributed by atoms with van der Waals surface area (Å²) in [5, 5.41) is 5.97.